The molecule has 0 saturated carbocycles. The topological polar surface area (TPSA) is 27.1 Å². The summed E-state index contributed by atoms with van der Waals surface area (Å²) in [5.74, 6) is 1.20. The molecule has 1 atom stereocenters. The molecule has 3 nitrogen and oxygen atoms in total. The maximum atomic E-state index is 5.74. The average molecular weight is 208 g/mol. The summed E-state index contributed by atoms with van der Waals surface area (Å²) in [6.07, 6.45) is 10.3. The number of ether oxygens (including phenoxy) is 1. The molecule has 15 heavy (non-hydrogen) atoms. The van der Waals surface area contributed by atoms with E-state index >= 15 is 0 Å². The van der Waals surface area contributed by atoms with E-state index < -0.39 is 0 Å². The zero-order valence-electron chi connectivity index (χ0n) is 9.48. The highest BCUT2D eigenvalue weighted by Gasteiger charge is 2.15. The maximum Gasteiger partial charge on any atom is 0.108 e. The van der Waals surface area contributed by atoms with Gasteiger partial charge < -0.3 is 9.30 Å². The number of nitrogens with zero attached hydrogens (tertiary/aromatic N) is 2. The molecule has 1 aromatic rings. The molecule has 84 valence electrons. The van der Waals surface area contributed by atoms with E-state index in [1.807, 2.05) is 6.20 Å². The van der Waals surface area contributed by atoms with Crippen LogP contribution in [-0.4, -0.2) is 22.3 Å². The molecule has 0 bridgehead atoms. The Bertz CT molecular complexity index is 290. The fourth-order valence-corrected chi connectivity index (χ4v) is 2.13. The van der Waals surface area contributed by atoms with Crippen molar-refractivity contribution in [3.8, 4) is 0 Å². The molecule has 1 aliphatic rings. The van der Waals surface area contributed by atoms with Gasteiger partial charge in [0.25, 0.3) is 0 Å². The van der Waals surface area contributed by atoms with Crippen LogP contribution in [0.4, 0.5) is 0 Å². The highest BCUT2D eigenvalue weighted by molar-refractivity contribution is 4.93. The molecule has 1 aliphatic heterocycles. The molecular formula is C12H20N2O. The molecule has 2 heterocycles. The van der Waals surface area contributed by atoms with Crippen molar-refractivity contribution < 1.29 is 4.74 Å². The average Bonchev–Trinajstić information content (AvgIpc) is 2.68. The Morgan fingerprint density at radius 3 is 3.20 bits per heavy atom. The SMILES string of the molecule is CCCc1nccn1CC1CCCCO1. The molecule has 3 heteroatoms. The van der Waals surface area contributed by atoms with Gasteiger partial charge in [0.2, 0.25) is 0 Å². The Morgan fingerprint density at radius 2 is 2.47 bits per heavy atom. The van der Waals surface area contributed by atoms with E-state index in [0.29, 0.717) is 6.10 Å². The number of aryl methyl sites for hydroxylation is 1. The minimum absolute atomic E-state index is 0.406. The smallest absolute Gasteiger partial charge is 0.108 e. The van der Waals surface area contributed by atoms with Gasteiger partial charge in [-0.1, -0.05) is 6.92 Å². The molecule has 0 aliphatic carbocycles. The zero-order valence-corrected chi connectivity index (χ0v) is 9.48. The van der Waals surface area contributed by atoms with Crippen molar-refractivity contribution in [3.63, 3.8) is 0 Å². The normalized spacial score (nSPS) is 21.8. The van der Waals surface area contributed by atoms with Crippen molar-refractivity contribution in [1.82, 2.24) is 9.55 Å². The van der Waals surface area contributed by atoms with Crippen molar-refractivity contribution in [1.29, 1.82) is 0 Å². The third kappa shape index (κ3) is 2.81. The highest BCUT2D eigenvalue weighted by Crippen LogP contribution is 2.15. The Hall–Kier alpha value is -0.830. The van der Waals surface area contributed by atoms with Crippen LogP contribution in [0.5, 0.6) is 0 Å². The van der Waals surface area contributed by atoms with Crippen LogP contribution in [0.2, 0.25) is 0 Å². The van der Waals surface area contributed by atoms with Crippen LogP contribution < -0.4 is 0 Å². The molecule has 1 fully saturated rings. The summed E-state index contributed by atoms with van der Waals surface area (Å²) in [5.41, 5.74) is 0. The minimum atomic E-state index is 0.406. The fourth-order valence-electron chi connectivity index (χ4n) is 2.13. The van der Waals surface area contributed by atoms with E-state index in [9.17, 15) is 0 Å². The second-order valence-electron chi connectivity index (χ2n) is 4.23. The summed E-state index contributed by atoms with van der Waals surface area (Å²) in [7, 11) is 0. The summed E-state index contributed by atoms with van der Waals surface area (Å²) in [5, 5.41) is 0. The monoisotopic (exact) mass is 208 g/mol. The lowest BCUT2D eigenvalue weighted by Crippen LogP contribution is -2.25. The van der Waals surface area contributed by atoms with Gasteiger partial charge in [-0.25, -0.2) is 4.98 Å². The first-order valence-electron chi connectivity index (χ1n) is 6.01. The first-order chi connectivity index (χ1) is 7.40. The van der Waals surface area contributed by atoms with Crippen molar-refractivity contribution in [3.05, 3.63) is 18.2 Å². The first-order valence-corrected chi connectivity index (χ1v) is 6.01. The summed E-state index contributed by atoms with van der Waals surface area (Å²) >= 11 is 0. The van der Waals surface area contributed by atoms with E-state index in [1.54, 1.807) is 0 Å². The van der Waals surface area contributed by atoms with Crippen molar-refractivity contribution >= 4 is 0 Å². The molecule has 1 aromatic heterocycles. The molecule has 1 unspecified atom stereocenters. The standard InChI is InChI=1S/C12H20N2O/c1-2-5-12-13-7-8-14(12)10-11-6-3-4-9-15-11/h7-8,11H,2-6,9-10H2,1H3. The first kappa shape index (κ1) is 10.7. The largest absolute Gasteiger partial charge is 0.376 e. The Morgan fingerprint density at radius 1 is 1.53 bits per heavy atom. The van der Waals surface area contributed by atoms with Gasteiger partial charge in [-0.3, -0.25) is 0 Å². The number of rotatable bonds is 4. The fraction of sp³-hybridized carbons (Fsp3) is 0.750. The van der Waals surface area contributed by atoms with Gasteiger partial charge in [0.15, 0.2) is 0 Å². The number of aromatic nitrogens is 2. The van der Waals surface area contributed by atoms with Gasteiger partial charge in [-0.2, -0.15) is 0 Å². The van der Waals surface area contributed by atoms with Crippen LogP contribution in [0.1, 0.15) is 38.4 Å². The van der Waals surface area contributed by atoms with Gasteiger partial charge in [0.05, 0.1) is 12.6 Å². The van der Waals surface area contributed by atoms with Crippen LogP contribution in [0.3, 0.4) is 0 Å². The molecule has 2 rings (SSSR count). The van der Waals surface area contributed by atoms with Crippen LogP contribution in [-0.2, 0) is 17.7 Å². The van der Waals surface area contributed by atoms with Crippen LogP contribution in [0.25, 0.3) is 0 Å². The van der Waals surface area contributed by atoms with Gasteiger partial charge in [0, 0.05) is 25.4 Å². The van der Waals surface area contributed by atoms with Crippen molar-refractivity contribution in [2.75, 3.05) is 6.61 Å². The van der Waals surface area contributed by atoms with Crippen LogP contribution >= 0.6 is 0 Å². The predicted octanol–water partition coefficient (Wildman–Crippen LogP) is 2.40. The number of imidazole rings is 1. The van der Waals surface area contributed by atoms with Gasteiger partial charge >= 0.3 is 0 Å². The van der Waals surface area contributed by atoms with E-state index in [-0.39, 0.29) is 0 Å². The lowest BCUT2D eigenvalue weighted by Gasteiger charge is -2.23. The van der Waals surface area contributed by atoms with E-state index in [4.69, 9.17) is 4.74 Å². The van der Waals surface area contributed by atoms with E-state index in [1.165, 1.54) is 25.1 Å². The Labute approximate surface area is 91.5 Å². The van der Waals surface area contributed by atoms with Gasteiger partial charge in [0.1, 0.15) is 5.82 Å². The lowest BCUT2D eigenvalue weighted by molar-refractivity contribution is 0.00553. The second kappa shape index (κ2) is 5.31. The Balaban J connectivity index is 1.93. The molecule has 0 aromatic carbocycles. The summed E-state index contributed by atoms with van der Waals surface area (Å²) in [4.78, 5) is 4.38. The summed E-state index contributed by atoms with van der Waals surface area (Å²) in [6.45, 7) is 4.11. The lowest BCUT2D eigenvalue weighted by atomic mass is 10.1. The number of hydrogen-bond acceptors (Lipinski definition) is 2. The predicted molar refractivity (Wildman–Crippen MR) is 59.8 cm³/mol. The third-order valence-corrected chi connectivity index (χ3v) is 2.95. The van der Waals surface area contributed by atoms with Gasteiger partial charge in [-0.15, -0.1) is 0 Å². The van der Waals surface area contributed by atoms with Crippen molar-refractivity contribution in [2.45, 2.75) is 51.7 Å². The van der Waals surface area contributed by atoms with Gasteiger partial charge in [-0.05, 0) is 25.7 Å². The molecular weight excluding hydrogens is 188 g/mol. The summed E-state index contributed by atoms with van der Waals surface area (Å²) < 4.78 is 7.99. The van der Waals surface area contributed by atoms with Crippen molar-refractivity contribution in [2.24, 2.45) is 0 Å². The zero-order chi connectivity index (χ0) is 10.5. The van der Waals surface area contributed by atoms with E-state index in [2.05, 4.69) is 22.7 Å². The Kier molecular flexibility index (Phi) is 3.78. The molecule has 0 radical (unpaired) electrons. The molecule has 0 amide bonds. The van der Waals surface area contributed by atoms with E-state index in [0.717, 1.165) is 26.0 Å². The molecule has 1 saturated heterocycles. The van der Waals surface area contributed by atoms with Crippen LogP contribution in [0.15, 0.2) is 12.4 Å². The number of hydrogen-bond donors (Lipinski definition) is 0. The quantitative estimate of drug-likeness (QED) is 0.759. The highest BCUT2D eigenvalue weighted by atomic mass is 16.5. The molecule has 0 N–H and O–H groups in total. The third-order valence-electron chi connectivity index (χ3n) is 2.95. The second-order valence-corrected chi connectivity index (χ2v) is 4.23. The minimum Gasteiger partial charge on any atom is -0.376 e. The molecule has 0 spiro atoms. The summed E-state index contributed by atoms with van der Waals surface area (Å²) in [6, 6.07) is 0. The maximum absolute atomic E-state index is 5.74. The van der Waals surface area contributed by atoms with Crippen LogP contribution in [0, 0.1) is 0 Å².